The van der Waals surface area contributed by atoms with Crippen molar-refractivity contribution in [1.82, 2.24) is 15.0 Å². The van der Waals surface area contributed by atoms with Crippen LogP contribution in [0.4, 0.5) is 5.82 Å². The fourth-order valence-electron chi connectivity index (χ4n) is 2.70. The predicted octanol–water partition coefficient (Wildman–Crippen LogP) is 4.41. The number of anilines is 1. The van der Waals surface area contributed by atoms with Crippen molar-refractivity contribution < 1.29 is 9.90 Å². The summed E-state index contributed by atoms with van der Waals surface area (Å²) in [4.78, 5) is 26.0. The van der Waals surface area contributed by atoms with Gasteiger partial charge < -0.3 is 10.4 Å². The van der Waals surface area contributed by atoms with E-state index in [0.29, 0.717) is 32.5 Å². The minimum absolute atomic E-state index is 0.0784. The number of nitrogens with one attached hydrogen (secondary N) is 1. The van der Waals surface area contributed by atoms with Crippen molar-refractivity contribution in [2.75, 3.05) is 5.32 Å². The number of pyridine rings is 3. The van der Waals surface area contributed by atoms with Gasteiger partial charge in [-0.3, -0.25) is 9.78 Å². The number of hydrogen-bond donors (Lipinski definition) is 2. The lowest BCUT2D eigenvalue weighted by Gasteiger charge is -2.11. The Kier molecular flexibility index (Phi) is 4.52. The van der Waals surface area contributed by atoms with E-state index in [4.69, 9.17) is 0 Å². The van der Waals surface area contributed by atoms with Gasteiger partial charge >= 0.3 is 0 Å². The van der Waals surface area contributed by atoms with E-state index in [2.05, 4.69) is 36.2 Å². The van der Waals surface area contributed by atoms with Gasteiger partial charge in [0.1, 0.15) is 4.60 Å². The molecule has 0 aliphatic rings. The molecule has 0 saturated carbocycles. The van der Waals surface area contributed by atoms with Crippen LogP contribution >= 0.6 is 15.9 Å². The summed E-state index contributed by atoms with van der Waals surface area (Å²) < 4.78 is 0.504. The third kappa shape index (κ3) is 3.50. The van der Waals surface area contributed by atoms with Crippen molar-refractivity contribution in [1.29, 1.82) is 0 Å². The molecule has 0 aliphatic heterocycles. The molecule has 0 unspecified atom stereocenters. The van der Waals surface area contributed by atoms with Gasteiger partial charge in [0.2, 0.25) is 0 Å². The Hall–Kier alpha value is -3.32. The second-order valence-electron chi connectivity index (χ2n) is 5.74. The van der Waals surface area contributed by atoms with Crippen LogP contribution < -0.4 is 5.32 Å². The molecule has 132 valence electrons. The lowest BCUT2D eigenvalue weighted by Crippen LogP contribution is -2.14. The van der Waals surface area contributed by atoms with E-state index >= 15 is 0 Å². The maximum atomic E-state index is 12.9. The molecular weight excluding hydrogens is 408 g/mol. The number of para-hydroxylation sites is 1. The average molecular weight is 421 g/mol. The minimum Gasteiger partial charge on any atom is -0.504 e. The highest BCUT2D eigenvalue weighted by atomic mass is 79.9. The second-order valence-corrected chi connectivity index (χ2v) is 6.56. The summed E-state index contributed by atoms with van der Waals surface area (Å²) in [6, 6.07) is 17.6. The van der Waals surface area contributed by atoms with E-state index in [-0.39, 0.29) is 11.6 Å². The lowest BCUT2D eigenvalue weighted by molar-refractivity contribution is 0.102. The van der Waals surface area contributed by atoms with Crippen LogP contribution in [-0.2, 0) is 0 Å². The standard InChI is InChI=1S/C20H13BrN4O2/c21-18-9-8-17(26)19(24-18)25-20(27)13-11-16(15-7-3-4-10-22-15)23-14-6-2-1-5-12(13)14/h1-11,26H,(H,24,25,27). The zero-order valence-corrected chi connectivity index (χ0v) is 15.5. The summed E-state index contributed by atoms with van der Waals surface area (Å²) in [5, 5.41) is 13.3. The van der Waals surface area contributed by atoms with Gasteiger partial charge in [-0.25, -0.2) is 9.97 Å². The monoisotopic (exact) mass is 420 g/mol. The Balaban J connectivity index is 1.82. The first-order valence-electron chi connectivity index (χ1n) is 8.10. The van der Waals surface area contributed by atoms with Crippen LogP contribution in [0.2, 0.25) is 0 Å². The zero-order valence-electron chi connectivity index (χ0n) is 13.9. The molecule has 3 heterocycles. The van der Waals surface area contributed by atoms with Crippen molar-refractivity contribution >= 4 is 38.6 Å². The van der Waals surface area contributed by atoms with Crippen molar-refractivity contribution in [3.05, 3.63) is 77.0 Å². The molecule has 1 amide bonds. The first-order chi connectivity index (χ1) is 13.1. The number of halogens is 1. The number of amides is 1. The van der Waals surface area contributed by atoms with Gasteiger partial charge in [0, 0.05) is 11.6 Å². The lowest BCUT2D eigenvalue weighted by atomic mass is 10.1. The van der Waals surface area contributed by atoms with Crippen molar-refractivity contribution in [3.8, 4) is 17.1 Å². The number of fused-ring (bicyclic) bond motifs is 1. The van der Waals surface area contributed by atoms with Crippen LogP contribution in [0.3, 0.4) is 0 Å². The summed E-state index contributed by atoms with van der Waals surface area (Å²) in [5.41, 5.74) is 2.35. The summed E-state index contributed by atoms with van der Waals surface area (Å²) >= 11 is 3.23. The van der Waals surface area contributed by atoms with Gasteiger partial charge in [0.15, 0.2) is 11.6 Å². The van der Waals surface area contributed by atoms with Crippen LogP contribution in [0.15, 0.2) is 71.5 Å². The number of hydrogen-bond acceptors (Lipinski definition) is 5. The van der Waals surface area contributed by atoms with Crippen LogP contribution in [0.5, 0.6) is 5.75 Å². The Labute approximate surface area is 163 Å². The van der Waals surface area contributed by atoms with Gasteiger partial charge in [-0.2, -0.15) is 0 Å². The zero-order chi connectivity index (χ0) is 18.8. The Morgan fingerprint density at radius 2 is 1.78 bits per heavy atom. The van der Waals surface area contributed by atoms with Gasteiger partial charge in [-0.05, 0) is 52.3 Å². The van der Waals surface area contributed by atoms with Crippen molar-refractivity contribution in [2.24, 2.45) is 0 Å². The molecule has 4 aromatic rings. The van der Waals surface area contributed by atoms with Crippen LogP contribution in [0, 0.1) is 0 Å². The first kappa shape index (κ1) is 17.1. The quantitative estimate of drug-likeness (QED) is 0.479. The Bertz CT molecular complexity index is 1150. The number of nitrogens with zero attached hydrogens (tertiary/aromatic N) is 3. The predicted molar refractivity (Wildman–Crippen MR) is 107 cm³/mol. The summed E-state index contributed by atoms with van der Waals surface area (Å²) in [6.45, 7) is 0. The van der Waals surface area contributed by atoms with Crippen LogP contribution in [0.1, 0.15) is 10.4 Å². The molecule has 0 radical (unpaired) electrons. The molecule has 1 aromatic carbocycles. The van der Waals surface area contributed by atoms with Gasteiger partial charge in [0.25, 0.3) is 5.91 Å². The molecule has 0 atom stereocenters. The summed E-state index contributed by atoms with van der Waals surface area (Å²) in [6.07, 6.45) is 1.68. The fraction of sp³-hybridized carbons (Fsp3) is 0. The first-order valence-corrected chi connectivity index (χ1v) is 8.89. The van der Waals surface area contributed by atoms with E-state index < -0.39 is 5.91 Å². The molecular formula is C20H13BrN4O2. The number of aromatic hydroxyl groups is 1. The highest BCUT2D eigenvalue weighted by Crippen LogP contribution is 2.27. The molecule has 0 fully saturated rings. The maximum absolute atomic E-state index is 12.9. The third-order valence-corrected chi connectivity index (χ3v) is 4.40. The van der Waals surface area contributed by atoms with Gasteiger partial charge in [-0.15, -0.1) is 0 Å². The Morgan fingerprint density at radius 1 is 0.963 bits per heavy atom. The molecule has 0 bridgehead atoms. The molecule has 6 nitrogen and oxygen atoms in total. The largest absolute Gasteiger partial charge is 0.504 e. The minimum atomic E-state index is -0.397. The number of carbonyl (C=O) groups excluding carboxylic acids is 1. The van der Waals surface area contributed by atoms with Crippen molar-refractivity contribution in [3.63, 3.8) is 0 Å². The molecule has 27 heavy (non-hydrogen) atoms. The summed E-state index contributed by atoms with van der Waals surface area (Å²) in [5.74, 6) is -0.434. The SMILES string of the molecule is O=C(Nc1nc(Br)ccc1O)c1cc(-c2ccccn2)nc2ccccc12. The molecule has 2 N–H and O–H groups in total. The van der Waals surface area contributed by atoms with Crippen molar-refractivity contribution in [2.45, 2.75) is 0 Å². The van der Waals surface area contributed by atoms with Gasteiger partial charge in [0.05, 0.1) is 22.5 Å². The molecule has 0 aliphatic carbocycles. The Morgan fingerprint density at radius 3 is 2.59 bits per heavy atom. The molecule has 4 rings (SSSR count). The molecule has 0 saturated heterocycles. The van der Waals surface area contributed by atoms with Crippen LogP contribution in [-0.4, -0.2) is 26.0 Å². The van der Waals surface area contributed by atoms with E-state index in [1.807, 2.05) is 42.5 Å². The van der Waals surface area contributed by atoms with E-state index in [1.54, 1.807) is 18.3 Å². The number of benzene rings is 1. The molecule has 3 aromatic heterocycles. The fourth-order valence-corrected chi connectivity index (χ4v) is 3.01. The van der Waals surface area contributed by atoms with Crippen LogP contribution in [0.25, 0.3) is 22.3 Å². The number of rotatable bonds is 3. The number of carbonyl (C=O) groups is 1. The second kappa shape index (κ2) is 7.13. The highest BCUT2D eigenvalue weighted by Gasteiger charge is 2.16. The number of aromatic nitrogens is 3. The van der Waals surface area contributed by atoms with Gasteiger partial charge in [-0.1, -0.05) is 24.3 Å². The average Bonchev–Trinajstić information content (AvgIpc) is 2.70. The van der Waals surface area contributed by atoms with E-state index in [0.717, 1.165) is 0 Å². The maximum Gasteiger partial charge on any atom is 0.257 e. The smallest absolute Gasteiger partial charge is 0.257 e. The van der Waals surface area contributed by atoms with E-state index in [9.17, 15) is 9.90 Å². The normalized spacial score (nSPS) is 10.7. The topological polar surface area (TPSA) is 88.0 Å². The molecule has 0 spiro atoms. The third-order valence-electron chi connectivity index (χ3n) is 3.96. The summed E-state index contributed by atoms with van der Waals surface area (Å²) in [7, 11) is 0. The van der Waals surface area contributed by atoms with E-state index in [1.165, 1.54) is 6.07 Å². The highest BCUT2D eigenvalue weighted by molar-refractivity contribution is 9.10. The molecule has 7 heteroatoms.